The van der Waals surface area contributed by atoms with Crippen molar-refractivity contribution in [2.45, 2.75) is 52.5 Å². The maximum Gasteiger partial charge on any atom is 0.529 e. The molecule has 0 spiro atoms. The molecule has 2 aromatic rings. The fraction of sp³-hybridized carbons (Fsp3) is 0.474. The molecule has 1 N–H and O–H groups in total. The fourth-order valence-electron chi connectivity index (χ4n) is 3.37. The predicted octanol–water partition coefficient (Wildman–Crippen LogP) is 3.48. The van der Waals surface area contributed by atoms with Gasteiger partial charge in [0.05, 0.1) is 6.61 Å². The summed E-state index contributed by atoms with van der Waals surface area (Å²) in [6.07, 6.45) is 2.97. The van der Waals surface area contributed by atoms with E-state index < -0.39 is 7.82 Å². The molecule has 12 heteroatoms. The molecule has 4 rings (SSSR count). The highest BCUT2D eigenvalue weighted by Crippen LogP contribution is 2.55. The van der Waals surface area contributed by atoms with Crippen molar-refractivity contribution in [3.05, 3.63) is 55.7 Å². The molecule has 3 heterocycles. The van der Waals surface area contributed by atoms with Crippen LogP contribution in [0.2, 0.25) is 0 Å². The first kappa shape index (κ1) is 24.0. The molecular formula is C19H23B2N2O6PS. The molecule has 162 valence electrons. The molecule has 1 fully saturated rings. The lowest BCUT2D eigenvalue weighted by Gasteiger charge is -2.26. The molecule has 0 aliphatic carbocycles. The third-order valence-corrected chi connectivity index (χ3v) is 6.54. The average molecular weight is 460 g/mol. The zero-order valence-corrected chi connectivity index (χ0v) is 19.3. The van der Waals surface area contributed by atoms with Crippen LogP contribution in [0.3, 0.4) is 0 Å². The van der Waals surface area contributed by atoms with E-state index >= 15 is 0 Å². The molecular weight excluding hydrogens is 437 g/mol. The Balaban J connectivity index is 0.000000176. The second-order valence-electron chi connectivity index (χ2n) is 7.36. The Bertz CT molecular complexity index is 1120. The number of nitrogens with one attached hydrogen (secondary N) is 1. The van der Waals surface area contributed by atoms with Gasteiger partial charge in [-0.1, -0.05) is 29.9 Å². The molecule has 2 aliphatic rings. The van der Waals surface area contributed by atoms with Crippen molar-refractivity contribution in [2.24, 2.45) is 0 Å². The smallest absolute Gasteiger partial charge is 0.403 e. The van der Waals surface area contributed by atoms with Gasteiger partial charge in [0, 0.05) is 29.8 Å². The van der Waals surface area contributed by atoms with Gasteiger partial charge in [0.2, 0.25) is 0 Å². The predicted molar refractivity (Wildman–Crippen MR) is 120 cm³/mol. The van der Waals surface area contributed by atoms with Crippen LogP contribution in [0.25, 0.3) is 0 Å². The molecule has 8 nitrogen and oxygen atoms in total. The SMILES string of the molecule is [B]COP1(=O)OCc2cc(C)cc(C)c2O1.[B][C@@H]1CCC(n2cc(C)c(=S)[nH]c2=O)O1. The zero-order valence-electron chi connectivity index (χ0n) is 17.6. The summed E-state index contributed by atoms with van der Waals surface area (Å²) in [5.74, 6) is 0.577. The lowest BCUT2D eigenvalue weighted by atomic mass is 9.98. The maximum atomic E-state index is 11.9. The molecule has 4 radical (unpaired) electrons. The molecule has 1 saturated heterocycles. The number of phosphoric ester groups is 1. The monoisotopic (exact) mass is 460 g/mol. The number of rotatable bonds is 3. The third kappa shape index (κ3) is 5.79. The molecule has 2 unspecified atom stereocenters. The first-order valence-corrected chi connectivity index (χ1v) is 11.6. The fourth-order valence-corrected chi connectivity index (χ4v) is 4.66. The standard InChI is InChI=1S/C10H12BO4P.C9H11BN2O2S/c1-7-3-8(2)10-9(4-7)5-13-16(12,15-10)14-6-11;1-5-4-12(9(13)11-8(5)15)7-3-2-6(10)14-7/h3-4H,5-6H2,1-2H3;4,6-7H,2-3H2,1H3,(H,11,13,15)/t;6-,7?/m.0/s1. The summed E-state index contributed by atoms with van der Waals surface area (Å²) in [7, 11) is 7.27. The molecule has 31 heavy (non-hydrogen) atoms. The minimum absolute atomic E-state index is 0.197. The molecule has 0 bridgehead atoms. The van der Waals surface area contributed by atoms with Gasteiger partial charge in [0.25, 0.3) is 0 Å². The minimum atomic E-state index is -3.51. The van der Waals surface area contributed by atoms with Crippen molar-refractivity contribution in [2.75, 3.05) is 6.51 Å². The number of nitrogens with zero attached hydrogens (tertiary/aromatic N) is 1. The number of aromatic amines is 1. The van der Waals surface area contributed by atoms with Gasteiger partial charge in [-0.3, -0.25) is 18.6 Å². The summed E-state index contributed by atoms with van der Waals surface area (Å²) in [4.78, 5) is 14.2. The minimum Gasteiger partial charge on any atom is -0.403 e. The number of aryl methyl sites for hydroxylation is 3. The van der Waals surface area contributed by atoms with E-state index in [2.05, 4.69) is 4.98 Å². The summed E-state index contributed by atoms with van der Waals surface area (Å²) in [6, 6.07) is 3.62. The Morgan fingerprint density at radius 3 is 2.68 bits per heavy atom. The van der Waals surface area contributed by atoms with E-state index in [0.29, 0.717) is 10.4 Å². The molecule has 3 atom stereocenters. The van der Waals surface area contributed by atoms with Gasteiger partial charge < -0.3 is 9.26 Å². The van der Waals surface area contributed by atoms with Gasteiger partial charge in [-0.2, -0.15) is 0 Å². The average Bonchev–Trinajstić information content (AvgIpc) is 3.12. The van der Waals surface area contributed by atoms with Crippen molar-refractivity contribution in [1.29, 1.82) is 0 Å². The van der Waals surface area contributed by atoms with E-state index in [1.54, 1.807) is 6.20 Å². The second kappa shape index (κ2) is 9.88. The lowest BCUT2D eigenvalue weighted by molar-refractivity contribution is 0.0339. The van der Waals surface area contributed by atoms with Crippen LogP contribution in [0.5, 0.6) is 5.75 Å². The Morgan fingerprint density at radius 2 is 2.03 bits per heavy atom. The highest BCUT2D eigenvalue weighted by atomic mass is 32.1. The number of hydrogen-bond donors (Lipinski definition) is 1. The van der Waals surface area contributed by atoms with Crippen molar-refractivity contribution in [1.82, 2.24) is 9.55 Å². The van der Waals surface area contributed by atoms with Gasteiger partial charge in [0.15, 0.2) is 0 Å². The summed E-state index contributed by atoms with van der Waals surface area (Å²) < 4.78 is 34.4. The number of phosphoric acid groups is 1. The Hall–Kier alpha value is -1.64. The van der Waals surface area contributed by atoms with Crippen molar-refractivity contribution in [3.8, 4) is 5.75 Å². The van der Waals surface area contributed by atoms with Crippen molar-refractivity contribution < 1.29 is 22.9 Å². The topological polar surface area (TPSA) is 91.8 Å². The summed E-state index contributed by atoms with van der Waals surface area (Å²) >= 11 is 4.96. The van der Waals surface area contributed by atoms with Crippen molar-refractivity contribution in [3.63, 3.8) is 0 Å². The van der Waals surface area contributed by atoms with Gasteiger partial charge in [-0.15, -0.1) is 0 Å². The van der Waals surface area contributed by atoms with Gasteiger partial charge >= 0.3 is 13.5 Å². The summed E-state index contributed by atoms with van der Waals surface area (Å²) in [5, 5.41) is 0. The zero-order chi connectivity index (χ0) is 22.8. The van der Waals surface area contributed by atoms with Crippen LogP contribution >= 0.6 is 20.0 Å². The van der Waals surface area contributed by atoms with Gasteiger partial charge in [0.1, 0.15) is 32.3 Å². The van der Waals surface area contributed by atoms with Crippen LogP contribution in [0.1, 0.15) is 41.3 Å². The van der Waals surface area contributed by atoms with Crippen molar-refractivity contribution >= 4 is 35.7 Å². The van der Waals surface area contributed by atoms with Crippen LogP contribution in [0.15, 0.2) is 23.1 Å². The van der Waals surface area contributed by atoms with Crippen LogP contribution in [0.4, 0.5) is 0 Å². The number of aromatic nitrogens is 2. The number of hydrogen-bond acceptors (Lipinski definition) is 7. The third-order valence-electron chi connectivity index (χ3n) is 4.80. The van der Waals surface area contributed by atoms with Gasteiger partial charge in [-0.05, 0) is 39.2 Å². The van der Waals surface area contributed by atoms with E-state index in [0.717, 1.165) is 35.1 Å². The molecule has 2 aliphatic heterocycles. The molecule has 1 aromatic heterocycles. The van der Waals surface area contributed by atoms with Crippen LogP contribution in [0, 0.1) is 25.4 Å². The summed E-state index contributed by atoms with van der Waals surface area (Å²) in [5.41, 5.74) is 3.52. The number of H-pyrrole nitrogens is 1. The Labute approximate surface area is 188 Å². The number of ether oxygens (including phenoxy) is 1. The first-order valence-electron chi connectivity index (χ1n) is 9.74. The van der Waals surface area contributed by atoms with E-state index in [1.807, 2.05) is 32.9 Å². The molecule has 0 amide bonds. The van der Waals surface area contributed by atoms with E-state index in [-0.39, 0.29) is 31.0 Å². The van der Waals surface area contributed by atoms with E-state index in [1.165, 1.54) is 4.57 Å². The maximum absolute atomic E-state index is 11.9. The first-order chi connectivity index (χ1) is 14.6. The van der Waals surface area contributed by atoms with E-state index in [4.69, 9.17) is 46.2 Å². The molecule has 0 saturated carbocycles. The molecule has 1 aromatic carbocycles. The highest BCUT2D eigenvalue weighted by molar-refractivity contribution is 7.71. The summed E-state index contributed by atoms with van der Waals surface area (Å²) in [6.45, 7) is 5.75. The van der Waals surface area contributed by atoms with Gasteiger partial charge in [-0.25, -0.2) is 9.36 Å². The Morgan fingerprint density at radius 1 is 1.29 bits per heavy atom. The second-order valence-corrected chi connectivity index (χ2v) is 9.36. The number of benzene rings is 1. The number of fused-ring (bicyclic) bond motifs is 1. The van der Waals surface area contributed by atoms with Crippen LogP contribution in [-0.4, -0.2) is 37.8 Å². The van der Waals surface area contributed by atoms with E-state index in [9.17, 15) is 9.36 Å². The quantitative estimate of drug-likeness (QED) is 0.426. The normalized spacial score (nSPS) is 24.6. The lowest BCUT2D eigenvalue weighted by Crippen LogP contribution is -2.27. The largest absolute Gasteiger partial charge is 0.529 e. The highest BCUT2D eigenvalue weighted by Gasteiger charge is 2.34. The Kier molecular flexibility index (Phi) is 7.65. The van der Waals surface area contributed by atoms with Crippen LogP contribution in [-0.2, 0) is 25.0 Å². The van der Waals surface area contributed by atoms with Crippen LogP contribution < -0.4 is 10.2 Å².